The van der Waals surface area contributed by atoms with E-state index in [2.05, 4.69) is 16.0 Å². The van der Waals surface area contributed by atoms with Gasteiger partial charge in [0.1, 0.15) is 0 Å². The number of aryl methyl sites for hydroxylation is 1. The van der Waals surface area contributed by atoms with Crippen LogP contribution in [0.1, 0.15) is 21.5 Å². The van der Waals surface area contributed by atoms with Gasteiger partial charge in [-0.05, 0) is 43.2 Å². The highest BCUT2D eigenvalue weighted by atomic mass is 16.5. The lowest BCUT2D eigenvalue weighted by molar-refractivity contribution is -0.126. The number of hydrogen-bond acceptors (Lipinski definition) is 6. The number of nitrogens with one attached hydrogen (secondary N) is 3. The fraction of sp³-hybridized carbons (Fsp3) is 0.286. The molecule has 4 N–H and O–H groups in total. The molecule has 8 heteroatoms. The Labute approximate surface area is 169 Å². The van der Waals surface area contributed by atoms with Gasteiger partial charge in [0.15, 0.2) is 6.61 Å². The van der Waals surface area contributed by atoms with Gasteiger partial charge in [0.25, 0.3) is 5.91 Å². The third kappa shape index (κ3) is 6.62. The summed E-state index contributed by atoms with van der Waals surface area (Å²) in [5.41, 5.74) is 3.44. The van der Waals surface area contributed by atoms with E-state index in [-0.39, 0.29) is 31.2 Å². The lowest BCUT2D eigenvalue weighted by Crippen LogP contribution is -2.35. The van der Waals surface area contributed by atoms with Crippen LogP contribution in [-0.4, -0.2) is 49.2 Å². The zero-order valence-corrected chi connectivity index (χ0v) is 16.5. The van der Waals surface area contributed by atoms with Crippen LogP contribution < -0.4 is 16.0 Å². The van der Waals surface area contributed by atoms with Crippen molar-refractivity contribution in [2.24, 2.45) is 0 Å². The first-order chi connectivity index (χ1) is 13.9. The van der Waals surface area contributed by atoms with E-state index >= 15 is 0 Å². The molecule has 0 bridgehead atoms. The van der Waals surface area contributed by atoms with E-state index in [1.54, 1.807) is 30.3 Å². The van der Waals surface area contributed by atoms with Crippen LogP contribution in [0.2, 0.25) is 0 Å². The van der Waals surface area contributed by atoms with Crippen LogP contribution in [0.25, 0.3) is 0 Å². The minimum atomic E-state index is -0.680. The van der Waals surface area contributed by atoms with Crippen molar-refractivity contribution in [3.63, 3.8) is 0 Å². The molecule has 0 aliphatic rings. The van der Waals surface area contributed by atoms with Gasteiger partial charge in [-0.25, -0.2) is 4.79 Å². The van der Waals surface area contributed by atoms with Crippen molar-refractivity contribution in [1.29, 1.82) is 0 Å². The molecule has 0 unspecified atom stereocenters. The number of rotatable bonds is 9. The second kappa shape index (κ2) is 10.8. The molecule has 0 heterocycles. The molecule has 0 aliphatic carbocycles. The summed E-state index contributed by atoms with van der Waals surface area (Å²) in [6, 6.07) is 12.2. The summed E-state index contributed by atoms with van der Waals surface area (Å²) < 4.78 is 5.01. The molecule has 0 aliphatic heterocycles. The molecule has 0 aromatic heterocycles. The van der Waals surface area contributed by atoms with E-state index < -0.39 is 18.5 Å². The van der Waals surface area contributed by atoms with Crippen molar-refractivity contribution in [3.8, 4) is 0 Å². The maximum atomic E-state index is 12.2. The number of aliphatic hydroxyl groups excluding tert-OH is 1. The van der Waals surface area contributed by atoms with Gasteiger partial charge in [-0.2, -0.15) is 0 Å². The molecule has 2 rings (SSSR count). The molecule has 0 spiro atoms. The van der Waals surface area contributed by atoms with Gasteiger partial charge in [0, 0.05) is 17.9 Å². The van der Waals surface area contributed by atoms with E-state index in [9.17, 15) is 14.4 Å². The normalized spacial score (nSPS) is 10.2. The van der Waals surface area contributed by atoms with E-state index in [1.165, 1.54) is 0 Å². The average Bonchev–Trinajstić information content (AvgIpc) is 2.72. The van der Waals surface area contributed by atoms with Crippen molar-refractivity contribution >= 4 is 29.2 Å². The smallest absolute Gasteiger partial charge is 0.340 e. The Balaban J connectivity index is 1.80. The van der Waals surface area contributed by atoms with Gasteiger partial charge in [-0.3, -0.25) is 9.59 Å². The highest BCUT2D eigenvalue weighted by Gasteiger charge is 2.15. The Morgan fingerprint density at radius 3 is 2.45 bits per heavy atom. The second-order valence-corrected chi connectivity index (χ2v) is 6.34. The van der Waals surface area contributed by atoms with Crippen LogP contribution in [0, 0.1) is 13.8 Å². The molecule has 0 fully saturated rings. The van der Waals surface area contributed by atoms with Crippen molar-refractivity contribution in [3.05, 3.63) is 59.2 Å². The Bertz CT molecular complexity index is 882. The molecule has 2 amide bonds. The fourth-order valence-corrected chi connectivity index (χ4v) is 2.53. The lowest BCUT2D eigenvalue weighted by atomic mass is 10.1. The number of amides is 2. The van der Waals surface area contributed by atoms with Gasteiger partial charge in [0.2, 0.25) is 5.91 Å². The monoisotopic (exact) mass is 399 g/mol. The van der Waals surface area contributed by atoms with Crippen LogP contribution in [0.4, 0.5) is 11.4 Å². The molecule has 2 aromatic carbocycles. The second-order valence-electron chi connectivity index (χ2n) is 6.34. The number of anilines is 2. The third-order valence-electron chi connectivity index (χ3n) is 4.23. The van der Waals surface area contributed by atoms with Gasteiger partial charge >= 0.3 is 5.97 Å². The van der Waals surface area contributed by atoms with Crippen molar-refractivity contribution in [2.45, 2.75) is 13.8 Å². The topological polar surface area (TPSA) is 117 Å². The number of carbonyl (C=O) groups excluding carboxylic acids is 3. The predicted molar refractivity (Wildman–Crippen MR) is 110 cm³/mol. The molecular formula is C21H25N3O5. The number of benzene rings is 2. The van der Waals surface area contributed by atoms with E-state index in [4.69, 9.17) is 9.84 Å². The van der Waals surface area contributed by atoms with Gasteiger partial charge < -0.3 is 25.8 Å². The summed E-state index contributed by atoms with van der Waals surface area (Å²) in [7, 11) is 0. The van der Waals surface area contributed by atoms with Gasteiger partial charge in [-0.1, -0.05) is 24.3 Å². The molecular weight excluding hydrogens is 374 g/mol. The number of para-hydroxylation sites is 1. The maximum Gasteiger partial charge on any atom is 0.340 e. The Morgan fingerprint density at radius 2 is 1.69 bits per heavy atom. The predicted octanol–water partition coefficient (Wildman–Crippen LogP) is 1.62. The molecule has 0 saturated heterocycles. The number of ether oxygens (including phenoxy) is 1. The molecule has 2 aromatic rings. The van der Waals surface area contributed by atoms with Gasteiger partial charge in [0.05, 0.1) is 18.7 Å². The molecule has 8 nitrogen and oxygen atoms in total. The highest BCUT2D eigenvalue weighted by Crippen LogP contribution is 2.18. The minimum Gasteiger partial charge on any atom is -0.452 e. The minimum absolute atomic E-state index is 0.0874. The molecule has 29 heavy (non-hydrogen) atoms. The maximum absolute atomic E-state index is 12.2. The first kappa shape index (κ1) is 21.9. The van der Waals surface area contributed by atoms with Crippen molar-refractivity contribution < 1.29 is 24.2 Å². The number of hydrogen-bond donors (Lipinski definition) is 4. The summed E-state index contributed by atoms with van der Waals surface area (Å²) in [6.07, 6.45) is 0. The molecule has 0 atom stereocenters. The summed E-state index contributed by atoms with van der Waals surface area (Å²) in [5, 5.41) is 16.9. The largest absolute Gasteiger partial charge is 0.452 e. The zero-order valence-electron chi connectivity index (χ0n) is 16.5. The average molecular weight is 399 g/mol. The summed E-state index contributed by atoms with van der Waals surface area (Å²) in [4.78, 5) is 36.1. The third-order valence-corrected chi connectivity index (χ3v) is 4.23. The van der Waals surface area contributed by atoms with Crippen molar-refractivity contribution in [1.82, 2.24) is 5.32 Å². The fourth-order valence-electron chi connectivity index (χ4n) is 2.53. The van der Waals surface area contributed by atoms with Crippen LogP contribution in [-0.2, 0) is 14.3 Å². The van der Waals surface area contributed by atoms with E-state index in [1.807, 2.05) is 26.0 Å². The molecule has 154 valence electrons. The standard InChI is InChI=1S/C21H25N3O5/c1-14-6-5-9-17(15(14)2)24-19(26)12-23-20(27)13-29-21(28)16-7-3-4-8-18(16)22-10-11-25/h3-9,22,25H,10-13H2,1-2H3,(H,23,27)(H,24,26). The SMILES string of the molecule is Cc1cccc(NC(=O)CNC(=O)COC(=O)c2ccccc2NCCO)c1C. The van der Waals surface area contributed by atoms with Crippen LogP contribution in [0.15, 0.2) is 42.5 Å². The zero-order chi connectivity index (χ0) is 21.2. The summed E-state index contributed by atoms with van der Waals surface area (Å²) >= 11 is 0. The first-order valence-electron chi connectivity index (χ1n) is 9.16. The quantitative estimate of drug-likeness (QED) is 0.476. The first-order valence-corrected chi connectivity index (χ1v) is 9.16. The number of aliphatic hydroxyl groups is 1. The number of carbonyl (C=O) groups is 3. The molecule has 0 radical (unpaired) electrons. The Kier molecular flexibility index (Phi) is 8.17. The summed E-state index contributed by atoms with van der Waals surface area (Å²) in [6.45, 7) is 3.29. The van der Waals surface area contributed by atoms with Crippen LogP contribution in [0.3, 0.4) is 0 Å². The summed E-state index contributed by atoms with van der Waals surface area (Å²) in [5.74, 6) is -1.65. The van der Waals surface area contributed by atoms with E-state index in [0.717, 1.165) is 11.1 Å². The highest BCUT2D eigenvalue weighted by molar-refractivity contribution is 5.98. The van der Waals surface area contributed by atoms with Gasteiger partial charge in [-0.15, -0.1) is 0 Å². The van der Waals surface area contributed by atoms with E-state index in [0.29, 0.717) is 11.4 Å². The number of esters is 1. The van der Waals surface area contributed by atoms with Crippen LogP contribution >= 0.6 is 0 Å². The van der Waals surface area contributed by atoms with Crippen LogP contribution in [0.5, 0.6) is 0 Å². The van der Waals surface area contributed by atoms with Crippen molar-refractivity contribution in [2.75, 3.05) is 36.9 Å². The Hall–Kier alpha value is -3.39. The molecule has 0 saturated carbocycles. The lowest BCUT2D eigenvalue weighted by Gasteiger charge is -2.12. The Morgan fingerprint density at radius 1 is 0.966 bits per heavy atom.